The van der Waals surface area contributed by atoms with Gasteiger partial charge in [0, 0.05) is 6.42 Å². The predicted molar refractivity (Wildman–Crippen MR) is 81.0 cm³/mol. The lowest BCUT2D eigenvalue weighted by atomic mass is 10.1. The van der Waals surface area contributed by atoms with E-state index in [0.29, 0.717) is 17.8 Å². The molecule has 3 nitrogen and oxygen atoms in total. The van der Waals surface area contributed by atoms with E-state index in [1.807, 2.05) is 18.2 Å². The molecule has 0 saturated heterocycles. The maximum absolute atomic E-state index is 11.7. The molecule has 0 unspecified atom stereocenters. The second kappa shape index (κ2) is 8.86. The Labute approximate surface area is 115 Å². The van der Waals surface area contributed by atoms with Crippen LogP contribution in [0.3, 0.4) is 0 Å². The molecule has 0 aliphatic rings. The van der Waals surface area contributed by atoms with Crippen LogP contribution in [0.15, 0.2) is 24.3 Å². The van der Waals surface area contributed by atoms with E-state index in [1.54, 1.807) is 6.07 Å². The van der Waals surface area contributed by atoms with Gasteiger partial charge in [0.1, 0.15) is 0 Å². The lowest BCUT2D eigenvalue weighted by Crippen LogP contribution is -2.12. The average molecular weight is 266 g/mol. The molecule has 1 rings (SSSR count). The third-order valence-electron chi connectivity index (χ3n) is 2.80. The highest BCUT2D eigenvalue weighted by Gasteiger charge is 2.04. The zero-order valence-electron chi connectivity index (χ0n) is 10.7. The number of para-hydroxylation sites is 2. The summed E-state index contributed by atoms with van der Waals surface area (Å²) < 4.78 is 0. The summed E-state index contributed by atoms with van der Waals surface area (Å²) >= 11 is 4.17. The molecule has 0 spiro atoms. The topological polar surface area (TPSA) is 55.1 Å². The van der Waals surface area contributed by atoms with Gasteiger partial charge in [-0.1, -0.05) is 31.4 Å². The van der Waals surface area contributed by atoms with Gasteiger partial charge in [-0.25, -0.2) is 0 Å². The summed E-state index contributed by atoms with van der Waals surface area (Å²) in [5.41, 5.74) is 7.07. The molecule has 0 heterocycles. The van der Waals surface area contributed by atoms with Gasteiger partial charge in [-0.15, -0.1) is 0 Å². The van der Waals surface area contributed by atoms with E-state index in [9.17, 15) is 4.79 Å². The van der Waals surface area contributed by atoms with Gasteiger partial charge in [-0.2, -0.15) is 12.6 Å². The van der Waals surface area contributed by atoms with Crippen molar-refractivity contribution in [1.82, 2.24) is 0 Å². The number of amides is 1. The van der Waals surface area contributed by atoms with Gasteiger partial charge in [-0.3, -0.25) is 4.79 Å². The van der Waals surface area contributed by atoms with Crippen LogP contribution in [-0.2, 0) is 4.79 Å². The Kier molecular flexibility index (Phi) is 7.34. The van der Waals surface area contributed by atoms with E-state index < -0.39 is 0 Å². The fourth-order valence-electron chi connectivity index (χ4n) is 1.75. The molecule has 0 aliphatic heterocycles. The van der Waals surface area contributed by atoms with Crippen molar-refractivity contribution < 1.29 is 4.79 Å². The summed E-state index contributed by atoms with van der Waals surface area (Å²) in [5.74, 6) is 0.996. The first-order valence-electron chi connectivity index (χ1n) is 6.49. The van der Waals surface area contributed by atoms with E-state index in [2.05, 4.69) is 17.9 Å². The number of unbranched alkanes of at least 4 members (excludes halogenated alkanes) is 4. The quantitative estimate of drug-likeness (QED) is 0.383. The molecule has 18 heavy (non-hydrogen) atoms. The number of nitrogens with two attached hydrogens (primary N) is 1. The van der Waals surface area contributed by atoms with Gasteiger partial charge >= 0.3 is 0 Å². The minimum Gasteiger partial charge on any atom is -0.397 e. The summed E-state index contributed by atoms with van der Waals surface area (Å²) in [6, 6.07) is 7.32. The molecule has 3 N–H and O–H groups in total. The summed E-state index contributed by atoms with van der Waals surface area (Å²) in [5, 5.41) is 2.84. The van der Waals surface area contributed by atoms with Crippen molar-refractivity contribution >= 4 is 29.9 Å². The lowest BCUT2D eigenvalue weighted by Gasteiger charge is -2.07. The fraction of sp³-hybridized carbons (Fsp3) is 0.500. The molecule has 1 aromatic carbocycles. The van der Waals surface area contributed by atoms with Crippen LogP contribution in [0.2, 0.25) is 0 Å². The first kappa shape index (κ1) is 14.9. The molecule has 0 aliphatic carbocycles. The van der Waals surface area contributed by atoms with Crippen LogP contribution < -0.4 is 11.1 Å². The highest BCUT2D eigenvalue weighted by atomic mass is 32.1. The monoisotopic (exact) mass is 266 g/mol. The highest BCUT2D eigenvalue weighted by molar-refractivity contribution is 7.80. The van der Waals surface area contributed by atoms with Gasteiger partial charge in [-0.05, 0) is 30.7 Å². The number of anilines is 2. The van der Waals surface area contributed by atoms with E-state index in [4.69, 9.17) is 5.73 Å². The van der Waals surface area contributed by atoms with Crippen molar-refractivity contribution in [2.75, 3.05) is 16.8 Å². The largest absolute Gasteiger partial charge is 0.397 e. The second-order valence-corrected chi connectivity index (χ2v) is 4.82. The van der Waals surface area contributed by atoms with Crippen molar-refractivity contribution in [3.63, 3.8) is 0 Å². The van der Waals surface area contributed by atoms with Gasteiger partial charge in [0.25, 0.3) is 0 Å². The van der Waals surface area contributed by atoms with Crippen molar-refractivity contribution in [2.45, 2.75) is 38.5 Å². The Balaban J connectivity index is 2.16. The van der Waals surface area contributed by atoms with Crippen LogP contribution in [0.4, 0.5) is 11.4 Å². The molecular formula is C14H22N2OS. The smallest absolute Gasteiger partial charge is 0.224 e. The standard InChI is InChI=1S/C14H22N2OS/c15-12-8-5-6-9-13(12)16-14(17)10-4-2-1-3-7-11-18/h5-6,8-9,18H,1-4,7,10-11,15H2,(H,16,17). The minimum atomic E-state index is 0.0436. The summed E-state index contributed by atoms with van der Waals surface area (Å²) in [7, 11) is 0. The molecule has 0 radical (unpaired) electrons. The Morgan fingerprint density at radius 3 is 2.50 bits per heavy atom. The normalized spacial score (nSPS) is 10.3. The third-order valence-corrected chi connectivity index (χ3v) is 3.11. The molecule has 100 valence electrons. The molecule has 4 heteroatoms. The number of hydrogen-bond acceptors (Lipinski definition) is 3. The first-order valence-corrected chi connectivity index (χ1v) is 7.12. The molecule has 0 atom stereocenters. The maximum atomic E-state index is 11.7. The van der Waals surface area contributed by atoms with Gasteiger partial charge in [0.15, 0.2) is 0 Å². The van der Waals surface area contributed by atoms with Crippen LogP contribution in [-0.4, -0.2) is 11.7 Å². The Bertz CT molecular complexity index is 369. The summed E-state index contributed by atoms with van der Waals surface area (Å²) in [4.78, 5) is 11.7. The van der Waals surface area contributed by atoms with Crippen LogP contribution in [0, 0.1) is 0 Å². The number of benzene rings is 1. The SMILES string of the molecule is Nc1ccccc1NC(=O)CCCCCCCS. The molecule has 0 saturated carbocycles. The highest BCUT2D eigenvalue weighted by Crippen LogP contribution is 2.17. The maximum Gasteiger partial charge on any atom is 0.224 e. The number of rotatable bonds is 8. The molecule has 1 aromatic rings. The van der Waals surface area contributed by atoms with Gasteiger partial charge in [0.2, 0.25) is 5.91 Å². The zero-order chi connectivity index (χ0) is 13.2. The first-order chi connectivity index (χ1) is 8.74. The molecule has 0 aromatic heterocycles. The minimum absolute atomic E-state index is 0.0436. The van der Waals surface area contributed by atoms with E-state index in [0.717, 1.165) is 25.0 Å². The zero-order valence-corrected chi connectivity index (χ0v) is 11.6. The molecule has 0 bridgehead atoms. The van der Waals surface area contributed by atoms with Gasteiger partial charge in [0.05, 0.1) is 11.4 Å². The Morgan fingerprint density at radius 2 is 1.78 bits per heavy atom. The molecule has 0 fully saturated rings. The number of nitrogens with one attached hydrogen (secondary N) is 1. The van der Waals surface area contributed by atoms with Crippen molar-refractivity contribution in [3.05, 3.63) is 24.3 Å². The average Bonchev–Trinajstić information content (AvgIpc) is 2.36. The summed E-state index contributed by atoms with van der Waals surface area (Å²) in [6.07, 6.45) is 6.15. The Hall–Kier alpha value is -1.16. The van der Waals surface area contributed by atoms with Crippen molar-refractivity contribution in [1.29, 1.82) is 0 Å². The van der Waals surface area contributed by atoms with E-state index in [-0.39, 0.29) is 5.91 Å². The van der Waals surface area contributed by atoms with Crippen LogP contribution in [0.5, 0.6) is 0 Å². The number of hydrogen-bond donors (Lipinski definition) is 3. The van der Waals surface area contributed by atoms with Crippen LogP contribution in [0.25, 0.3) is 0 Å². The number of carbonyl (C=O) groups excluding carboxylic acids is 1. The van der Waals surface area contributed by atoms with Gasteiger partial charge < -0.3 is 11.1 Å². The number of nitrogen functional groups attached to an aromatic ring is 1. The molecule has 1 amide bonds. The van der Waals surface area contributed by atoms with Crippen LogP contribution in [0.1, 0.15) is 38.5 Å². The predicted octanol–water partition coefficient (Wildman–Crippen LogP) is 3.48. The number of thiol groups is 1. The van der Waals surface area contributed by atoms with Crippen molar-refractivity contribution in [3.8, 4) is 0 Å². The van der Waals surface area contributed by atoms with Crippen LogP contribution >= 0.6 is 12.6 Å². The van der Waals surface area contributed by atoms with E-state index >= 15 is 0 Å². The lowest BCUT2D eigenvalue weighted by molar-refractivity contribution is -0.116. The summed E-state index contributed by atoms with van der Waals surface area (Å²) in [6.45, 7) is 0. The number of carbonyl (C=O) groups is 1. The second-order valence-electron chi connectivity index (χ2n) is 4.38. The van der Waals surface area contributed by atoms with E-state index in [1.165, 1.54) is 12.8 Å². The van der Waals surface area contributed by atoms with Crippen molar-refractivity contribution in [2.24, 2.45) is 0 Å². The Morgan fingerprint density at radius 1 is 1.11 bits per heavy atom. The third kappa shape index (κ3) is 5.96. The molecular weight excluding hydrogens is 244 g/mol. The fourth-order valence-corrected chi connectivity index (χ4v) is 1.97.